The Morgan fingerprint density at radius 3 is 2.73 bits per heavy atom. The zero-order valence-electron chi connectivity index (χ0n) is 10.6. The minimum absolute atomic E-state index is 0.729. The van der Waals surface area contributed by atoms with Gasteiger partial charge in [-0.15, -0.1) is 0 Å². The number of hydrogen-bond donors (Lipinski definition) is 0. The van der Waals surface area contributed by atoms with Crippen molar-refractivity contribution in [3.8, 4) is 0 Å². The van der Waals surface area contributed by atoms with Gasteiger partial charge in [-0.2, -0.15) is 0 Å². The third-order valence-corrected chi connectivity index (χ3v) is 4.31. The van der Waals surface area contributed by atoms with E-state index >= 15 is 0 Å². The summed E-state index contributed by atoms with van der Waals surface area (Å²) in [5.41, 5.74) is 3.31. The third kappa shape index (κ3) is 2.04. The first-order valence-corrected chi connectivity index (χ1v) is 6.47. The monoisotopic (exact) mass is 204 g/mol. The molecule has 84 valence electrons. The highest BCUT2D eigenvalue weighted by Gasteiger charge is 2.33. The van der Waals surface area contributed by atoms with Crippen LogP contribution in [0.3, 0.4) is 0 Å². The van der Waals surface area contributed by atoms with E-state index in [9.17, 15) is 0 Å². The van der Waals surface area contributed by atoms with Crippen molar-refractivity contribution in [2.24, 2.45) is 23.7 Å². The summed E-state index contributed by atoms with van der Waals surface area (Å²) in [7, 11) is 0. The Morgan fingerprint density at radius 2 is 2.07 bits per heavy atom. The van der Waals surface area contributed by atoms with Crippen LogP contribution in [-0.2, 0) is 0 Å². The number of fused-ring (bicyclic) bond motifs is 1. The summed E-state index contributed by atoms with van der Waals surface area (Å²) in [5, 5.41) is 0. The van der Waals surface area contributed by atoms with Crippen LogP contribution in [0, 0.1) is 23.7 Å². The van der Waals surface area contributed by atoms with E-state index in [2.05, 4.69) is 39.8 Å². The van der Waals surface area contributed by atoms with Gasteiger partial charge in [0, 0.05) is 5.92 Å². The summed E-state index contributed by atoms with van der Waals surface area (Å²) < 4.78 is 0. The Labute approximate surface area is 94.5 Å². The van der Waals surface area contributed by atoms with E-state index in [1.54, 1.807) is 11.1 Å². The second kappa shape index (κ2) is 4.15. The lowest BCUT2D eigenvalue weighted by molar-refractivity contribution is 0.247. The van der Waals surface area contributed by atoms with Crippen LogP contribution in [0.15, 0.2) is 23.3 Å². The molecule has 0 nitrogen and oxygen atoms in total. The van der Waals surface area contributed by atoms with Crippen molar-refractivity contribution in [2.75, 3.05) is 0 Å². The van der Waals surface area contributed by atoms with Crippen LogP contribution in [0.2, 0.25) is 0 Å². The molecule has 0 saturated carbocycles. The first-order valence-electron chi connectivity index (χ1n) is 6.47. The molecule has 0 spiro atoms. The molecule has 2 aliphatic carbocycles. The third-order valence-electron chi connectivity index (χ3n) is 4.31. The topological polar surface area (TPSA) is 0 Å². The summed E-state index contributed by atoms with van der Waals surface area (Å²) in [6, 6.07) is 0. The van der Waals surface area contributed by atoms with Crippen LogP contribution >= 0.6 is 0 Å². The number of allylic oxidation sites excluding steroid dienone is 4. The molecule has 0 heteroatoms. The van der Waals surface area contributed by atoms with Gasteiger partial charge in [-0.05, 0) is 43.9 Å². The molecule has 0 saturated heterocycles. The molecule has 15 heavy (non-hydrogen) atoms. The molecule has 0 unspecified atom stereocenters. The molecule has 0 amide bonds. The van der Waals surface area contributed by atoms with Crippen molar-refractivity contribution >= 4 is 0 Å². The van der Waals surface area contributed by atoms with Crippen LogP contribution in [0.5, 0.6) is 0 Å². The first kappa shape index (κ1) is 11.0. The Hall–Kier alpha value is -0.520. The molecule has 0 aromatic rings. The lowest BCUT2D eigenvalue weighted by Gasteiger charge is -2.40. The zero-order chi connectivity index (χ0) is 11.0. The van der Waals surface area contributed by atoms with Gasteiger partial charge in [-0.25, -0.2) is 0 Å². The molecule has 0 N–H and O–H groups in total. The van der Waals surface area contributed by atoms with E-state index in [-0.39, 0.29) is 0 Å². The van der Waals surface area contributed by atoms with Crippen molar-refractivity contribution in [2.45, 2.75) is 47.0 Å². The fraction of sp³-hybridized carbons (Fsp3) is 0.733. The zero-order valence-corrected chi connectivity index (χ0v) is 10.6. The second-order valence-corrected chi connectivity index (χ2v) is 5.81. The van der Waals surface area contributed by atoms with E-state index < -0.39 is 0 Å². The van der Waals surface area contributed by atoms with Crippen molar-refractivity contribution < 1.29 is 0 Å². The summed E-state index contributed by atoms with van der Waals surface area (Å²) in [4.78, 5) is 0. The van der Waals surface area contributed by atoms with Gasteiger partial charge >= 0.3 is 0 Å². The highest BCUT2D eigenvalue weighted by Crippen LogP contribution is 2.44. The van der Waals surface area contributed by atoms with Crippen molar-refractivity contribution in [3.05, 3.63) is 23.3 Å². The predicted molar refractivity (Wildman–Crippen MR) is 66.7 cm³/mol. The smallest absolute Gasteiger partial charge is 0.00129 e. The molecule has 0 aromatic carbocycles. The fourth-order valence-electron chi connectivity index (χ4n) is 3.32. The molecule has 2 rings (SSSR count). The first-order chi connectivity index (χ1) is 7.09. The normalized spacial score (nSPS) is 35.9. The lowest BCUT2D eigenvalue weighted by Crippen LogP contribution is -2.30. The molecular weight excluding hydrogens is 180 g/mol. The van der Waals surface area contributed by atoms with Crippen LogP contribution in [0.25, 0.3) is 0 Å². The molecule has 3 atom stereocenters. The van der Waals surface area contributed by atoms with Gasteiger partial charge in [0.25, 0.3) is 0 Å². The van der Waals surface area contributed by atoms with E-state index in [1.807, 2.05) is 0 Å². The van der Waals surface area contributed by atoms with Crippen molar-refractivity contribution in [1.82, 2.24) is 0 Å². The predicted octanol–water partition coefficient (Wildman–Crippen LogP) is 4.58. The molecule has 2 aliphatic rings. The van der Waals surface area contributed by atoms with Crippen LogP contribution < -0.4 is 0 Å². The van der Waals surface area contributed by atoms with Crippen molar-refractivity contribution in [1.29, 1.82) is 0 Å². The van der Waals surface area contributed by atoms with E-state index in [0.717, 1.165) is 23.7 Å². The molecule has 0 aromatic heterocycles. The van der Waals surface area contributed by atoms with Gasteiger partial charge in [0.05, 0.1) is 0 Å². The average Bonchev–Trinajstić information content (AvgIpc) is 2.17. The van der Waals surface area contributed by atoms with E-state index in [4.69, 9.17) is 0 Å². The molecule has 0 bridgehead atoms. The molecular formula is C15H24. The highest BCUT2D eigenvalue weighted by atomic mass is 14.4. The Balaban J connectivity index is 2.31. The summed E-state index contributed by atoms with van der Waals surface area (Å²) in [5.74, 6) is 3.31. The minimum Gasteiger partial charge on any atom is -0.0842 e. The van der Waals surface area contributed by atoms with Gasteiger partial charge < -0.3 is 0 Å². The van der Waals surface area contributed by atoms with Crippen LogP contribution in [0.4, 0.5) is 0 Å². The van der Waals surface area contributed by atoms with Crippen LogP contribution in [-0.4, -0.2) is 0 Å². The minimum atomic E-state index is 0.729. The summed E-state index contributed by atoms with van der Waals surface area (Å²) in [6.07, 6.45) is 9.12. The maximum absolute atomic E-state index is 2.55. The second-order valence-electron chi connectivity index (χ2n) is 5.81. The Morgan fingerprint density at radius 1 is 1.33 bits per heavy atom. The SMILES string of the molecule is CC1=C[C@H]2C(C(C)C)=CC[C@H](C)[C@H]2CC1. The van der Waals surface area contributed by atoms with E-state index in [0.29, 0.717) is 0 Å². The number of rotatable bonds is 1. The quantitative estimate of drug-likeness (QED) is 0.548. The largest absolute Gasteiger partial charge is 0.0842 e. The molecule has 0 fully saturated rings. The van der Waals surface area contributed by atoms with Gasteiger partial charge in [0.15, 0.2) is 0 Å². The summed E-state index contributed by atoms with van der Waals surface area (Å²) >= 11 is 0. The highest BCUT2D eigenvalue weighted by molar-refractivity contribution is 5.25. The molecule has 0 heterocycles. The van der Waals surface area contributed by atoms with E-state index in [1.165, 1.54) is 19.3 Å². The standard InChI is InChI=1S/C15H24/c1-10(2)13-8-6-12(4)14-7-5-11(3)9-15(13)14/h8-10,12,14-15H,5-7H2,1-4H3/t12-,14+,15-/m0/s1. The molecule has 0 aliphatic heterocycles. The number of hydrogen-bond acceptors (Lipinski definition) is 0. The average molecular weight is 204 g/mol. The Bertz CT molecular complexity index is 293. The van der Waals surface area contributed by atoms with Gasteiger partial charge in [-0.3, -0.25) is 0 Å². The fourth-order valence-corrected chi connectivity index (χ4v) is 3.32. The van der Waals surface area contributed by atoms with Gasteiger partial charge in [0.2, 0.25) is 0 Å². The Kier molecular flexibility index (Phi) is 3.04. The maximum Gasteiger partial charge on any atom is 0.00129 e. The maximum atomic E-state index is 2.55. The van der Waals surface area contributed by atoms with Crippen molar-refractivity contribution in [3.63, 3.8) is 0 Å². The molecule has 0 radical (unpaired) electrons. The lowest BCUT2D eigenvalue weighted by atomic mass is 9.65. The summed E-state index contributed by atoms with van der Waals surface area (Å²) in [6.45, 7) is 9.42. The van der Waals surface area contributed by atoms with Gasteiger partial charge in [0.1, 0.15) is 0 Å². The van der Waals surface area contributed by atoms with Crippen LogP contribution in [0.1, 0.15) is 47.0 Å². The van der Waals surface area contributed by atoms with Gasteiger partial charge in [-0.1, -0.05) is 44.1 Å².